The van der Waals surface area contributed by atoms with Crippen molar-refractivity contribution in [2.75, 3.05) is 25.1 Å². The molecule has 1 aliphatic rings. The lowest BCUT2D eigenvalue weighted by atomic mass is 10.0. The molecule has 1 amide bonds. The Morgan fingerprint density at radius 3 is 3.00 bits per heavy atom. The molecule has 5 nitrogen and oxygen atoms in total. The molecule has 1 heterocycles. The van der Waals surface area contributed by atoms with Crippen molar-refractivity contribution < 1.29 is 14.3 Å². The van der Waals surface area contributed by atoms with Gasteiger partial charge in [-0.15, -0.1) is 0 Å². The molecule has 2 rings (SSSR count). The minimum atomic E-state index is 0.0527. The summed E-state index contributed by atoms with van der Waals surface area (Å²) < 4.78 is 11.2. The van der Waals surface area contributed by atoms with Crippen LogP contribution in [0.4, 0.5) is 5.69 Å². The van der Waals surface area contributed by atoms with E-state index >= 15 is 0 Å². The van der Waals surface area contributed by atoms with E-state index in [-0.39, 0.29) is 12.0 Å². The Bertz CT molecular complexity index is 462. The molecule has 0 saturated heterocycles. The normalized spacial score (nSPS) is 15.4. The van der Waals surface area contributed by atoms with Gasteiger partial charge in [0.2, 0.25) is 5.91 Å². The van der Waals surface area contributed by atoms with E-state index in [0.717, 1.165) is 29.8 Å². The second kappa shape index (κ2) is 7.26. The van der Waals surface area contributed by atoms with Crippen molar-refractivity contribution >= 4 is 11.6 Å². The van der Waals surface area contributed by atoms with Gasteiger partial charge in [0, 0.05) is 31.7 Å². The van der Waals surface area contributed by atoms with Gasteiger partial charge >= 0.3 is 0 Å². The highest BCUT2D eigenvalue weighted by atomic mass is 16.5. The van der Waals surface area contributed by atoms with Crippen LogP contribution in [0.2, 0.25) is 0 Å². The number of rotatable bonds is 7. The Balaban J connectivity index is 1.86. The summed E-state index contributed by atoms with van der Waals surface area (Å²) in [6.07, 6.45) is 2.13. The molecule has 20 heavy (non-hydrogen) atoms. The molecule has 0 fully saturated rings. The zero-order chi connectivity index (χ0) is 14.4. The number of hydrogen-bond acceptors (Lipinski definition) is 4. The highest BCUT2D eigenvalue weighted by Gasteiger charge is 2.15. The van der Waals surface area contributed by atoms with Crippen LogP contribution in [0.25, 0.3) is 0 Å². The molecule has 1 unspecified atom stereocenters. The Morgan fingerprint density at radius 1 is 1.40 bits per heavy atom. The van der Waals surface area contributed by atoms with Gasteiger partial charge in [0.05, 0.1) is 12.7 Å². The molecule has 3 N–H and O–H groups in total. The molecule has 0 bridgehead atoms. The smallest absolute Gasteiger partial charge is 0.224 e. The number of anilines is 1. The number of nitrogens with one attached hydrogen (secondary N) is 1. The van der Waals surface area contributed by atoms with Crippen LogP contribution in [-0.2, 0) is 16.0 Å². The van der Waals surface area contributed by atoms with Crippen molar-refractivity contribution in [2.24, 2.45) is 5.73 Å². The van der Waals surface area contributed by atoms with Crippen molar-refractivity contribution in [1.82, 2.24) is 0 Å². The van der Waals surface area contributed by atoms with Crippen molar-refractivity contribution in [3.8, 4) is 5.75 Å². The van der Waals surface area contributed by atoms with Gasteiger partial charge in [-0.2, -0.15) is 0 Å². The fourth-order valence-corrected chi connectivity index (χ4v) is 2.26. The number of ether oxygens (including phenoxy) is 2. The molecule has 5 heteroatoms. The van der Waals surface area contributed by atoms with Gasteiger partial charge in [-0.3, -0.25) is 4.79 Å². The quantitative estimate of drug-likeness (QED) is 0.796. The second-order valence-electron chi connectivity index (χ2n) is 4.82. The maximum absolute atomic E-state index is 11.3. The Morgan fingerprint density at radius 2 is 2.25 bits per heavy atom. The minimum absolute atomic E-state index is 0.0527. The lowest BCUT2D eigenvalue weighted by Gasteiger charge is -2.18. The van der Waals surface area contributed by atoms with Crippen LogP contribution in [0.1, 0.15) is 25.3 Å². The predicted octanol–water partition coefficient (Wildman–Crippen LogP) is 1.70. The molecular formula is C15H22N2O3. The summed E-state index contributed by atoms with van der Waals surface area (Å²) in [6, 6.07) is 5.76. The summed E-state index contributed by atoms with van der Waals surface area (Å²) in [4.78, 5) is 11.3. The van der Waals surface area contributed by atoms with Crippen molar-refractivity contribution in [3.05, 3.63) is 23.8 Å². The van der Waals surface area contributed by atoms with E-state index in [0.29, 0.717) is 26.2 Å². The van der Waals surface area contributed by atoms with Crippen LogP contribution in [0.5, 0.6) is 5.75 Å². The van der Waals surface area contributed by atoms with Gasteiger partial charge in [-0.05, 0) is 37.1 Å². The van der Waals surface area contributed by atoms with Crippen molar-refractivity contribution in [2.45, 2.75) is 32.3 Å². The maximum atomic E-state index is 11.3. The molecule has 0 spiro atoms. The van der Waals surface area contributed by atoms with Gasteiger partial charge in [0.15, 0.2) is 0 Å². The first kappa shape index (κ1) is 14.8. The minimum Gasteiger partial charge on any atom is -0.493 e. The zero-order valence-corrected chi connectivity index (χ0v) is 11.9. The first-order valence-corrected chi connectivity index (χ1v) is 7.10. The number of carbonyl (C=O) groups excluding carboxylic acids is 1. The number of nitrogens with two attached hydrogens (primary N) is 1. The third kappa shape index (κ3) is 3.95. The van der Waals surface area contributed by atoms with E-state index in [1.807, 2.05) is 25.1 Å². The molecule has 1 aromatic carbocycles. The molecule has 0 saturated carbocycles. The largest absolute Gasteiger partial charge is 0.493 e. The fraction of sp³-hybridized carbons (Fsp3) is 0.533. The topological polar surface area (TPSA) is 73.6 Å². The molecule has 0 aromatic heterocycles. The molecule has 110 valence electrons. The molecule has 1 aliphatic heterocycles. The summed E-state index contributed by atoms with van der Waals surface area (Å²) >= 11 is 0. The fourth-order valence-electron chi connectivity index (χ4n) is 2.26. The van der Waals surface area contributed by atoms with E-state index in [1.54, 1.807) is 0 Å². The maximum Gasteiger partial charge on any atom is 0.224 e. The Kier molecular flexibility index (Phi) is 5.38. The highest BCUT2D eigenvalue weighted by molar-refractivity contribution is 5.93. The Hall–Kier alpha value is -1.59. The summed E-state index contributed by atoms with van der Waals surface area (Å²) in [6.45, 7) is 3.71. The van der Waals surface area contributed by atoms with E-state index in [4.69, 9.17) is 15.2 Å². The Labute approximate surface area is 119 Å². The summed E-state index contributed by atoms with van der Waals surface area (Å²) in [7, 11) is 0. The summed E-state index contributed by atoms with van der Waals surface area (Å²) in [5.41, 5.74) is 7.64. The zero-order valence-electron chi connectivity index (χ0n) is 11.9. The van der Waals surface area contributed by atoms with E-state index in [2.05, 4.69) is 5.32 Å². The molecule has 0 aliphatic carbocycles. The summed E-state index contributed by atoms with van der Waals surface area (Å²) in [5.74, 6) is 0.904. The van der Waals surface area contributed by atoms with Gasteiger partial charge in [-0.25, -0.2) is 0 Å². The van der Waals surface area contributed by atoms with Crippen molar-refractivity contribution in [1.29, 1.82) is 0 Å². The standard InChI is InChI=1S/C15H22N2O3/c1-2-19-13(10-16)7-8-20-12-4-5-14-11(9-12)3-6-15(18)17-14/h4-5,9,13H,2-3,6-8,10,16H2,1H3,(H,17,18). The van der Waals surface area contributed by atoms with Gasteiger partial charge < -0.3 is 20.5 Å². The third-order valence-corrected chi connectivity index (χ3v) is 3.35. The SMILES string of the molecule is CCOC(CN)CCOc1ccc2c(c1)CCC(=O)N2. The van der Waals surface area contributed by atoms with E-state index in [9.17, 15) is 4.79 Å². The van der Waals surface area contributed by atoms with E-state index in [1.165, 1.54) is 0 Å². The lowest BCUT2D eigenvalue weighted by molar-refractivity contribution is -0.116. The molecule has 1 aromatic rings. The van der Waals surface area contributed by atoms with Crippen LogP contribution in [-0.4, -0.2) is 31.8 Å². The average Bonchev–Trinajstić information content (AvgIpc) is 2.46. The van der Waals surface area contributed by atoms with Gasteiger partial charge in [0.25, 0.3) is 0 Å². The van der Waals surface area contributed by atoms with Crippen molar-refractivity contribution in [3.63, 3.8) is 0 Å². The number of hydrogen-bond donors (Lipinski definition) is 2. The van der Waals surface area contributed by atoms with E-state index < -0.39 is 0 Å². The van der Waals surface area contributed by atoms with Crippen LogP contribution in [0.3, 0.4) is 0 Å². The first-order valence-electron chi connectivity index (χ1n) is 7.10. The number of benzene rings is 1. The first-order chi connectivity index (χ1) is 9.72. The predicted molar refractivity (Wildman–Crippen MR) is 78.0 cm³/mol. The summed E-state index contributed by atoms with van der Waals surface area (Å²) in [5, 5.41) is 2.86. The van der Waals surface area contributed by atoms with Gasteiger partial charge in [-0.1, -0.05) is 0 Å². The number of fused-ring (bicyclic) bond motifs is 1. The van der Waals surface area contributed by atoms with Crippen LogP contribution in [0, 0.1) is 0 Å². The average molecular weight is 278 g/mol. The van der Waals surface area contributed by atoms with Crippen LogP contribution >= 0.6 is 0 Å². The highest BCUT2D eigenvalue weighted by Crippen LogP contribution is 2.26. The monoisotopic (exact) mass is 278 g/mol. The molecule has 0 radical (unpaired) electrons. The van der Waals surface area contributed by atoms with Crippen LogP contribution in [0.15, 0.2) is 18.2 Å². The number of carbonyl (C=O) groups is 1. The number of aryl methyl sites for hydroxylation is 1. The second-order valence-corrected chi connectivity index (χ2v) is 4.82. The molecule has 1 atom stereocenters. The van der Waals surface area contributed by atoms with Crippen LogP contribution < -0.4 is 15.8 Å². The third-order valence-electron chi connectivity index (χ3n) is 3.35. The number of amides is 1. The molecular weight excluding hydrogens is 256 g/mol. The van der Waals surface area contributed by atoms with Gasteiger partial charge in [0.1, 0.15) is 5.75 Å². The lowest BCUT2D eigenvalue weighted by Crippen LogP contribution is -2.25.